The Morgan fingerprint density at radius 3 is 3.00 bits per heavy atom. The molecule has 0 unspecified atom stereocenters. The van der Waals surface area contributed by atoms with Crippen molar-refractivity contribution in [3.8, 4) is 5.75 Å². The van der Waals surface area contributed by atoms with Crippen molar-refractivity contribution in [1.82, 2.24) is 4.98 Å². The zero-order valence-corrected chi connectivity index (χ0v) is 9.03. The summed E-state index contributed by atoms with van der Waals surface area (Å²) in [5.41, 5.74) is 1.80. The molecule has 0 amide bonds. The number of phenols is 1. The maximum Gasteiger partial charge on any atom is 0.208 e. The lowest BCUT2D eigenvalue weighted by Gasteiger charge is -1.98. The number of hydrogen-bond donors (Lipinski definition) is 1. The van der Waals surface area contributed by atoms with E-state index in [-0.39, 0.29) is 0 Å². The Balaban J connectivity index is 2.21. The van der Waals surface area contributed by atoms with Crippen LogP contribution in [0, 0.1) is 6.92 Å². The topological polar surface area (TPSA) is 45.5 Å². The average Bonchev–Trinajstić information content (AvgIpc) is 2.73. The van der Waals surface area contributed by atoms with Crippen LogP contribution in [0.15, 0.2) is 34.8 Å². The number of aromatic hydroxyl groups is 1. The lowest BCUT2D eigenvalue weighted by molar-refractivity contribution is 0.471. The number of hydrogen-bond acceptors (Lipinski definition) is 4. The summed E-state index contributed by atoms with van der Waals surface area (Å²) in [5, 5.41) is 12.0. The third kappa shape index (κ3) is 2.41. The molecule has 0 spiro atoms. The molecule has 0 radical (unpaired) electrons. The number of thiazole rings is 1. The SMILES string of the molecule is Cc1cc(/C=N/c2nccs2)ccc1O. The Hall–Kier alpha value is -1.68. The molecule has 0 atom stereocenters. The van der Waals surface area contributed by atoms with Gasteiger partial charge in [0.1, 0.15) is 5.75 Å². The number of nitrogens with zero attached hydrogens (tertiary/aromatic N) is 2. The molecule has 1 aromatic heterocycles. The molecule has 4 heteroatoms. The Kier molecular flexibility index (Phi) is 2.78. The summed E-state index contributed by atoms with van der Waals surface area (Å²) >= 11 is 1.49. The van der Waals surface area contributed by atoms with Crippen molar-refractivity contribution in [2.75, 3.05) is 0 Å². The first-order valence-electron chi connectivity index (χ1n) is 4.49. The fraction of sp³-hybridized carbons (Fsp3) is 0.0909. The summed E-state index contributed by atoms with van der Waals surface area (Å²) in [6, 6.07) is 5.37. The molecular weight excluding hydrogens is 208 g/mol. The van der Waals surface area contributed by atoms with Gasteiger partial charge in [-0.3, -0.25) is 0 Å². The fourth-order valence-corrected chi connectivity index (χ4v) is 1.65. The normalized spacial score (nSPS) is 11.0. The Morgan fingerprint density at radius 2 is 2.33 bits per heavy atom. The summed E-state index contributed by atoms with van der Waals surface area (Å²) < 4.78 is 0. The molecule has 0 bridgehead atoms. The van der Waals surface area contributed by atoms with E-state index in [4.69, 9.17) is 0 Å². The van der Waals surface area contributed by atoms with E-state index >= 15 is 0 Å². The van der Waals surface area contributed by atoms with Crippen molar-refractivity contribution in [1.29, 1.82) is 0 Å². The highest BCUT2D eigenvalue weighted by atomic mass is 32.1. The molecule has 15 heavy (non-hydrogen) atoms. The highest BCUT2D eigenvalue weighted by Crippen LogP contribution is 2.17. The monoisotopic (exact) mass is 218 g/mol. The minimum Gasteiger partial charge on any atom is -0.508 e. The first-order valence-corrected chi connectivity index (χ1v) is 5.37. The highest BCUT2D eigenvalue weighted by Gasteiger charge is 1.96. The zero-order valence-electron chi connectivity index (χ0n) is 8.21. The molecule has 0 aliphatic rings. The van der Waals surface area contributed by atoms with Gasteiger partial charge in [0.15, 0.2) is 0 Å². The third-order valence-corrected chi connectivity index (χ3v) is 2.64. The van der Waals surface area contributed by atoms with E-state index < -0.39 is 0 Å². The van der Waals surface area contributed by atoms with E-state index in [0.717, 1.165) is 16.3 Å². The second kappa shape index (κ2) is 4.23. The molecule has 0 aliphatic carbocycles. The van der Waals surface area contributed by atoms with Gasteiger partial charge < -0.3 is 5.11 Å². The Bertz CT molecular complexity index is 477. The van der Waals surface area contributed by atoms with Gasteiger partial charge in [-0.1, -0.05) is 0 Å². The fourth-order valence-electron chi connectivity index (χ4n) is 1.17. The third-order valence-electron chi connectivity index (χ3n) is 1.96. The maximum absolute atomic E-state index is 9.34. The van der Waals surface area contributed by atoms with E-state index in [1.807, 2.05) is 24.4 Å². The number of aryl methyl sites for hydroxylation is 1. The lowest BCUT2D eigenvalue weighted by atomic mass is 10.1. The van der Waals surface area contributed by atoms with Crippen LogP contribution in [0.1, 0.15) is 11.1 Å². The summed E-state index contributed by atoms with van der Waals surface area (Å²) in [5.74, 6) is 0.307. The van der Waals surface area contributed by atoms with Gasteiger partial charge in [0.2, 0.25) is 5.13 Å². The van der Waals surface area contributed by atoms with E-state index in [1.54, 1.807) is 18.5 Å². The lowest BCUT2D eigenvalue weighted by Crippen LogP contribution is -1.82. The predicted molar refractivity (Wildman–Crippen MR) is 62.2 cm³/mol. The van der Waals surface area contributed by atoms with Crippen LogP contribution in [0.3, 0.4) is 0 Å². The maximum atomic E-state index is 9.34. The predicted octanol–water partition coefficient (Wildman–Crippen LogP) is 2.91. The molecule has 0 saturated carbocycles. The number of rotatable bonds is 2. The molecule has 0 saturated heterocycles. The van der Waals surface area contributed by atoms with Crippen molar-refractivity contribution in [2.45, 2.75) is 6.92 Å². The molecule has 0 aliphatic heterocycles. The molecule has 76 valence electrons. The molecule has 1 aromatic carbocycles. The number of aliphatic imine (C=N–C) groups is 1. The summed E-state index contributed by atoms with van der Waals surface area (Å²) in [7, 11) is 0. The number of aromatic nitrogens is 1. The van der Waals surface area contributed by atoms with Crippen LogP contribution >= 0.6 is 11.3 Å². The minimum atomic E-state index is 0.307. The second-order valence-corrected chi connectivity index (χ2v) is 3.99. The molecule has 2 aromatic rings. The molecule has 2 rings (SSSR count). The Morgan fingerprint density at radius 1 is 1.47 bits per heavy atom. The highest BCUT2D eigenvalue weighted by molar-refractivity contribution is 7.13. The zero-order chi connectivity index (χ0) is 10.7. The molecule has 1 heterocycles. The van der Waals surface area contributed by atoms with Crippen molar-refractivity contribution >= 4 is 22.7 Å². The standard InChI is InChI=1S/C11H10N2OS/c1-8-6-9(2-3-10(8)14)7-13-11-12-4-5-15-11/h2-7,14H,1H3/b13-7+. The van der Waals surface area contributed by atoms with Crippen LogP contribution < -0.4 is 0 Å². The molecule has 3 nitrogen and oxygen atoms in total. The second-order valence-electron chi connectivity index (χ2n) is 3.12. The van der Waals surface area contributed by atoms with Gasteiger partial charge in [-0.25, -0.2) is 9.98 Å². The van der Waals surface area contributed by atoms with Gasteiger partial charge in [-0.2, -0.15) is 0 Å². The van der Waals surface area contributed by atoms with E-state index in [9.17, 15) is 5.11 Å². The molecule has 0 fully saturated rings. The first kappa shape index (κ1) is 9.86. The smallest absolute Gasteiger partial charge is 0.208 e. The first-order chi connectivity index (χ1) is 7.25. The van der Waals surface area contributed by atoms with Crippen LogP contribution in [0.25, 0.3) is 0 Å². The van der Waals surface area contributed by atoms with Gasteiger partial charge >= 0.3 is 0 Å². The van der Waals surface area contributed by atoms with E-state index in [2.05, 4.69) is 9.98 Å². The van der Waals surface area contributed by atoms with Gasteiger partial charge in [0.25, 0.3) is 0 Å². The summed E-state index contributed by atoms with van der Waals surface area (Å²) in [6.07, 6.45) is 3.46. The van der Waals surface area contributed by atoms with Gasteiger partial charge in [0.05, 0.1) is 0 Å². The average molecular weight is 218 g/mol. The van der Waals surface area contributed by atoms with Crippen LogP contribution in [0.2, 0.25) is 0 Å². The summed E-state index contributed by atoms with van der Waals surface area (Å²) in [6.45, 7) is 1.86. The summed E-state index contributed by atoms with van der Waals surface area (Å²) in [4.78, 5) is 8.25. The Labute approximate surface area is 91.8 Å². The van der Waals surface area contributed by atoms with Crippen molar-refractivity contribution in [2.24, 2.45) is 4.99 Å². The molecular formula is C11H10N2OS. The van der Waals surface area contributed by atoms with Crippen LogP contribution in [-0.4, -0.2) is 16.3 Å². The molecule has 1 N–H and O–H groups in total. The van der Waals surface area contributed by atoms with Gasteiger partial charge in [0, 0.05) is 17.8 Å². The van der Waals surface area contributed by atoms with Crippen molar-refractivity contribution in [3.63, 3.8) is 0 Å². The van der Waals surface area contributed by atoms with Crippen LogP contribution in [0.5, 0.6) is 5.75 Å². The van der Waals surface area contributed by atoms with Gasteiger partial charge in [-0.05, 0) is 36.2 Å². The van der Waals surface area contributed by atoms with Crippen LogP contribution in [-0.2, 0) is 0 Å². The van der Waals surface area contributed by atoms with Crippen molar-refractivity contribution < 1.29 is 5.11 Å². The largest absolute Gasteiger partial charge is 0.508 e. The van der Waals surface area contributed by atoms with Gasteiger partial charge in [-0.15, -0.1) is 11.3 Å². The number of benzene rings is 1. The quantitative estimate of drug-likeness (QED) is 0.788. The van der Waals surface area contributed by atoms with E-state index in [0.29, 0.717) is 5.75 Å². The number of phenolic OH excluding ortho intramolecular Hbond substituents is 1. The van der Waals surface area contributed by atoms with E-state index in [1.165, 1.54) is 11.3 Å². The van der Waals surface area contributed by atoms with Crippen molar-refractivity contribution in [3.05, 3.63) is 40.9 Å². The van der Waals surface area contributed by atoms with Crippen LogP contribution in [0.4, 0.5) is 5.13 Å². The minimum absolute atomic E-state index is 0.307.